The van der Waals surface area contributed by atoms with Gasteiger partial charge in [0.1, 0.15) is 24.2 Å². The maximum absolute atomic E-state index is 12.4. The lowest BCUT2D eigenvalue weighted by Crippen LogP contribution is -2.26. The van der Waals surface area contributed by atoms with Crippen LogP contribution in [-0.4, -0.2) is 16.3 Å². The van der Waals surface area contributed by atoms with E-state index in [1.54, 1.807) is 12.1 Å². The van der Waals surface area contributed by atoms with Crippen molar-refractivity contribution in [2.45, 2.75) is 12.2 Å². The molecule has 4 nitrogen and oxygen atoms in total. The molecule has 0 aliphatic heterocycles. The second kappa shape index (κ2) is 4.50. The van der Waals surface area contributed by atoms with Crippen LogP contribution in [0.25, 0.3) is 17.2 Å². The van der Waals surface area contributed by atoms with E-state index < -0.39 is 12.2 Å². The Hall–Kier alpha value is -2.17. The van der Waals surface area contributed by atoms with Gasteiger partial charge in [0.25, 0.3) is 0 Å². The van der Waals surface area contributed by atoms with Crippen molar-refractivity contribution in [2.24, 2.45) is 0 Å². The van der Waals surface area contributed by atoms with Crippen LogP contribution in [0, 0.1) is 0 Å². The molecule has 0 amide bonds. The molecule has 96 valence electrons. The summed E-state index contributed by atoms with van der Waals surface area (Å²) < 4.78 is 5.38. The fraction of sp³-hybridized carbons (Fsp3) is 0.133. The fourth-order valence-corrected chi connectivity index (χ4v) is 2.18. The van der Waals surface area contributed by atoms with Gasteiger partial charge < -0.3 is 14.6 Å². The van der Waals surface area contributed by atoms with Crippen molar-refractivity contribution in [2.75, 3.05) is 0 Å². The van der Waals surface area contributed by atoms with Crippen LogP contribution in [-0.2, 0) is 0 Å². The second-order valence-electron chi connectivity index (χ2n) is 4.42. The van der Waals surface area contributed by atoms with Crippen LogP contribution >= 0.6 is 0 Å². The van der Waals surface area contributed by atoms with Gasteiger partial charge in [0.2, 0.25) is 0 Å². The van der Waals surface area contributed by atoms with Gasteiger partial charge in [-0.1, -0.05) is 30.3 Å². The van der Waals surface area contributed by atoms with Crippen molar-refractivity contribution in [3.05, 3.63) is 64.2 Å². The molecule has 1 aliphatic carbocycles. The van der Waals surface area contributed by atoms with Crippen molar-refractivity contribution in [1.82, 2.24) is 0 Å². The van der Waals surface area contributed by atoms with E-state index in [2.05, 4.69) is 0 Å². The van der Waals surface area contributed by atoms with E-state index in [0.717, 1.165) is 5.56 Å². The van der Waals surface area contributed by atoms with Gasteiger partial charge in [0.15, 0.2) is 5.43 Å². The van der Waals surface area contributed by atoms with Crippen LogP contribution in [0.5, 0.6) is 0 Å². The molecule has 0 radical (unpaired) electrons. The molecular formula is C15H12O4. The summed E-state index contributed by atoms with van der Waals surface area (Å²) in [4.78, 5) is 12.4. The minimum Gasteiger partial charge on any atom is -0.464 e. The first kappa shape index (κ1) is 11.9. The van der Waals surface area contributed by atoms with Crippen LogP contribution in [0.3, 0.4) is 0 Å². The lowest BCUT2D eigenvalue weighted by molar-refractivity contribution is 0.0445. The zero-order chi connectivity index (χ0) is 13.4. The van der Waals surface area contributed by atoms with Gasteiger partial charge >= 0.3 is 0 Å². The van der Waals surface area contributed by atoms with Crippen LogP contribution in [0.1, 0.15) is 17.4 Å². The van der Waals surface area contributed by atoms with Crippen molar-refractivity contribution in [1.29, 1.82) is 0 Å². The standard InChI is InChI=1S/C15H12O4/c16-11-6-7-12-13(15(11)18)14(17)10(8-19-12)9-4-2-1-3-5-9/h1-8,11,15-16,18H/t11-,15-/m1/s1. The van der Waals surface area contributed by atoms with Crippen molar-refractivity contribution < 1.29 is 14.6 Å². The van der Waals surface area contributed by atoms with E-state index in [9.17, 15) is 15.0 Å². The highest BCUT2D eigenvalue weighted by molar-refractivity contribution is 5.65. The zero-order valence-electron chi connectivity index (χ0n) is 9.98. The summed E-state index contributed by atoms with van der Waals surface area (Å²) in [5.41, 5.74) is 0.885. The molecule has 0 saturated carbocycles. The highest BCUT2D eigenvalue weighted by Crippen LogP contribution is 2.27. The van der Waals surface area contributed by atoms with Gasteiger partial charge in [-0.25, -0.2) is 0 Å². The Morgan fingerprint density at radius 2 is 1.84 bits per heavy atom. The van der Waals surface area contributed by atoms with Gasteiger partial charge in [-0.2, -0.15) is 0 Å². The number of rotatable bonds is 1. The average Bonchev–Trinajstić information content (AvgIpc) is 2.44. The van der Waals surface area contributed by atoms with E-state index in [1.807, 2.05) is 18.2 Å². The Morgan fingerprint density at radius 1 is 1.11 bits per heavy atom. The first-order chi connectivity index (χ1) is 9.18. The van der Waals surface area contributed by atoms with Crippen LogP contribution in [0.2, 0.25) is 0 Å². The summed E-state index contributed by atoms with van der Waals surface area (Å²) in [5.74, 6) is 0.294. The van der Waals surface area contributed by atoms with Crippen LogP contribution in [0.4, 0.5) is 0 Å². The molecule has 0 fully saturated rings. The van der Waals surface area contributed by atoms with E-state index in [1.165, 1.54) is 18.4 Å². The molecule has 1 aliphatic rings. The maximum Gasteiger partial charge on any atom is 0.199 e. The van der Waals surface area contributed by atoms with Crippen molar-refractivity contribution in [3.63, 3.8) is 0 Å². The lowest BCUT2D eigenvalue weighted by atomic mass is 9.94. The minimum absolute atomic E-state index is 0.108. The maximum atomic E-state index is 12.4. The average molecular weight is 256 g/mol. The summed E-state index contributed by atoms with van der Waals surface area (Å²) >= 11 is 0. The molecule has 2 atom stereocenters. The molecule has 3 rings (SSSR count). The summed E-state index contributed by atoms with van der Waals surface area (Å²) in [6, 6.07) is 9.07. The minimum atomic E-state index is -1.25. The zero-order valence-corrected chi connectivity index (χ0v) is 9.98. The molecule has 0 spiro atoms. The van der Waals surface area contributed by atoms with Gasteiger partial charge in [-0.05, 0) is 17.7 Å². The molecule has 2 aromatic rings. The van der Waals surface area contributed by atoms with E-state index in [-0.39, 0.29) is 11.0 Å². The topological polar surface area (TPSA) is 70.7 Å². The third-order valence-corrected chi connectivity index (χ3v) is 3.21. The Labute approximate surface area is 109 Å². The summed E-state index contributed by atoms with van der Waals surface area (Å²) in [7, 11) is 0. The van der Waals surface area contributed by atoms with Crippen molar-refractivity contribution >= 4 is 6.08 Å². The largest absolute Gasteiger partial charge is 0.464 e. The van der Waals surface area contributed by atoms with Gasteiger partial charge in [0, 0.05) is 0 Å². The molecule has 1 aromatic carbocycles. The third-order valence-electron chi connectivity index (χ3n) is 3.21. The highest BCUT2D eigenvalue weighted by atomic mass is 16.3. The molecule has 0 unspecified atom stereocenters. The second-order valence-corrected chi connectivity index (χ2v) is 4.42. The molecular weight excluding hydrogens is 244 g/mol. The quantitative estimate of drug-likeness (QED) is 0.815. The molecule has 0 bridgehead atoms. The Kier molecular flexibility index (Phi) is 2.81. The van der Waals surface area contributed by atoms with E-state index >= 15 is 0 Å². The monoisotopic (exact) mass is 256 g/mol. The smallest absolute Gasteiger partial charge is 0.199 e. The van der Waals surface area contributed by atoms with Crippen LogP contribution < -0.4 is 5.43 Å². The summed E-state index contributed by atoms with van der Waals surface area (Å²) in [6.45, 7) is 0. The normalized spacial score (nSPS) is 21.2. The lowest BCUT2D eigenvalue weighted by Gasteiger charge is -2.20. The predicted octanol–water partition coefficient (Wildman–Crippen LogP) is 1.73. The molecule has 19 heavy (non-hydrogen) atoms. The van der Waals surface area contributed by atoms with E-state index in [0.29, 0.717) is 11.3 Å². The number of aliphatic hydroxyl groups is 2. The number of hydrogen-bond donors (Lipinski definition) is 2. The first-order valence-electron chi connectivity index (χ1n) is 5.94. The molecule has 1 heterocycles. The number of benzene rings is 1. The molecule has 0 saturated heterocycles. The SMILES string of the molecule is O=c1c(-c2ccccc2)coc2c1[C@H](O)[C@H](O)C=C2. The van der Waals surface area contributed by atoms with E-state index in [4.69, 9.17) is 4.42 Å². The fourth-order valence-electron chi connectivity index (χ4n) is 2.18. The van der Waals surface area contributed by atoms with Crippen LogP contribution in [0.15, 0.2) is 51.9 Å². The Morgan fingerprint density at radius 3 is 2.58 bits per heavy atom. The first-order valence-corrected chi connectivity index (χ1v) is 5.94. The molecule has 1 aromatic heterocycles. The third kappa shape index (κ3) is 1.91. The van der Waals surface area contributed by atoms with Gasteiger partial charge in [-0.15, -0.1) is 0 Å². The van der Waals surface area contributed by atoms with Gasteiger partial charge in [-0.3, -0.25) is 4.79 Å². The number of hydrogen-bond acceptors (Lipinski definition) is 4. The van der Waals surface area contributed by atoms with Crippen molar-refractivity contribution in [3.8, 4) is 11.1 Å². The Balaban J connectivity index is 2.22. The summed E-state index contributed by atoms with van der Waals surface area (Å²) in [6.07, 6.45) is 1.95. The highest BCUT2D eigenvalue weighted by Gasteiger charge is 2.28. The molecule has 2 N–H and O–H groups in total. The number of aliphatic hydroxyl groups excluding tert-OH is 2. The molecule has 4 heteroatoms. The van der Waals surface area contributed by atoms with Gasteiger partial charge in [0.05, 0.1) is 11.1 Å². The predicted molar refractivity (Wildman–Crippen MR) is 70.4 cm³/mol. The number of fused-ring (bicyclic) bond motifs is 1. The summed E-state index contributed by atoms with van der Waals surface area (Å²) in [5, 5.41) is 19.5. The Bertz CT molecular complexity index is 685.